The molecule has 0 heterocycles. The second-order valence-corrected chi connectivity index (χ2v) is 6.11. The van der Waals surface area contributed by atoms with Gasteiger partial charge in [-0.15, -0.1) is 0 Å². The zero-order chi connectivity index (χ0) is 12.5. The highest BCUT2D eigenvalue weighted by Crippen LogP contribution is 2.52. The molecule has 0 saturated heterocycles. The lowest BCUT2D eigenvalue weighted by Gasteiger charge is -2.29. The normalized spacial score (nSPS) is 33.5. The minimum absolute atomic E-state index is 0.588. The molecule has 1 aromatic carbocycles. The average molecular weight is 241 g/mol. The summed E-state index contributed by atoms with van der Waals surface area (Å²) in [5.74, 6) is 3.08. The van der Waals surface area contributed by atoms with Gasteiger partial charge in [-0.3, -0.25) is 0 Å². The van der Waals surface area contributed by atoms with E-state index in [0.29, 0.717) is 6.04 Å². The molecule has 1 saturated carbocycles. The molecule has 1 fully saturated rings. The maximum Gasteiger partial charge on any atom is 0.00105 e. The third-order valence-electron chi connectivity index (χ3n) is 4.57. The number of hydrogen-bond donors (Lipinski definition) is 1. The summed E-state index contributed by atoms with van der Waals surface area (Å²) in [5.41, 5.74) is 1.53. The third-order valence-corrected chi connectivity index (χ3v) is 4.57. The highest BCUT2D eigenvalue weighted by atomic mass is 14.9. The lowest BCUT2D eigenvalue weighted by molar-refractivity contribution is 0.358. The van der Waals surface area contributed by atoms with Gasteiger partial charge in [-0.2, -0.15) is 0 Å². The first-order valence-corrected chi connectivity index (χ1v) is 7.22. The summed E-state index contributed by atoms with van der Waals surface area (Å²) in [6, 6.07) is 11.7. The molecule has 0 amide bonds. The van der Waals surface area contributed by atoms with Crippen LogP contribution in [0.1, 0.15) is 31.7 Å². The minimum atomic E-state index is 0.588. The Labute approximate surface area is 110 Å². The fourth-order valence-corrected chi connectivity index (χ4v) is 3.74. The third kappa shape index (κ3) is 2.12. The highest BCUT2D eigenvalue weighted by Gasteiger charge is 2.44. The second kappa shape index (κ2) is 4.89. The molecule has 2 bridgehead atoms. The van der Waals surface area contributed by atoms with Gasteiger partial charge in [-0.1, -0.05) is 56.3 Å². The molecule has 0 radical (unpaired) electrons. The van der Waals surface area contributed by atoms with Gasteiger partial charge in [0.05, 0.1) is 0 Å². The average Bonchev–Trinajstić information content (AvgIpc) is 2.97. The molecular formula is C17H23N. The van der Waals surface area contributed by atoms with E-state index in [-0.39, 0.29) is 0 Å². The van der Waals surface area contributed by atoms with Gasteiger partial charge >= 0.3 is 0 Å². The van der Waals surface area contributed by atoms with Crippen LogP contribution in [0, 0.1) is 17.8 Å². The van der Waals surface area contributed by atoms with Gasteiger partial charge in [0.15, 0.2) is 0 Å². The molecule has 18 heavy (non-hydrogen) atoms. The van der Waals surface area contributed by atoms with E-state index < -0.39 is 0 Å². The molecule has 96 valence electrons. The Morgan fingerprint density at radius 1 is 1.11 bits per heavy atom. The summed E-state index contributed by atoms with van der Waals surface area (Å²) in [4.78, 5) is 0. The minimum Gasteiger partial charge on any atom is -0.314 e. The van der Waals surface area contributed by atoms with Crippen molar-refractivity contribution < 1.29 is 0 Å². The van der Waals surface area contributed by atoms with Gasteiger partial charge in [0.1, 0.15) is 0 Å². The van der Waals surface area contributed by atoms with E-state index >= 15 is 0 Å². The lowest BCUT2D eigenvalue weighted by Crippen LogP contribution is -2.33. The number of hydrogen-bond acceptors (Lipinski definition) is 1. The van der Waals surface area contributed by atoms with Crippen molar-refractivity contribution in [2.24, 2.45) is 17.8 Å². The number of nitrogens with one attached hydrogen (secondary N) is 1. The summed E-state index contributed by atoms with van der Waals surface area (Å²) >= 11 is 0. The smallest absolute Gasteiger partial charge is 0.00105 e. The molecule has 0 aromatic heterocycles. The van der Waals surface area contributed by atoms with Crippen molar-refractivity contribution in [3.8, 4) is 0 Å². The van der Waals surface area contributed by atoms with Gasteiger partial charge in [-0.05, 0) is 42.2 Å². The van der Waals surface area contributed by atoms with Crippen molar-refractivity contribution in [1.29, 1.82) is 0 Å². The van der Waals surface area contributed by atoms with Gasteiger partial charge < -0.3 is 5.32 Å². The first-order valence-electron chi connectivity index (χ1n) is 7.22. The SMILES string of the molecule is CC(C)NCC1C2C=CC(C2)C1c1ccccc1. The van der Waals surface area contributed by atoms with Crippen LogP contribution in [0.15, 0.2) is 42.5 Å². The van der Waals surface area contributed by atoms with E-state index in [1.54, 1.807) is 0 Å². The molecule has 2 aliphatic carbocycles. The van der Waals surface area contributed by atoms with Crippen LogP contribution in [0.5, 0.6) is 0 Å². The summed E-state index contributed by atoms with van der Waals surface area (Å²) < 4.78 is 0. The van der Waals surface area contributed by atoms with Gasteiger partial charge in [0.2, 0.25) is 0 Å². The van der Waals surface area contributed by atoms with Crippen molar-refractivity contribution in [2.45, 2.75) is 32.2 Å². The van der Waals surface area contributed by atoms with Crippen LogP contribution >= 0.6 is 0 Å². The summed E-state index contributed by atoms with van der Waals surface area (Å²) in [5, 5.41) is 3.64. The van der Waals surface area contributed by atoms with Crippen molar-refractivity contribution in [3.63, 3.8) is 0 Å². The zero-order valence-electron chi connectivity index (χ0n) is 11.3. The standard InChI is InChI=1S/C17H23N/c1-12(2)18-11-16-14-8-9-15(10-14)17(16)13-6-4-3-5-7-13/h3-9,12,14-18H,10-11H2,1-2H3. The number of benzene rings is 1. The van der Waals surface area contributed by atoms with E-state index in [4.69, 9.17) is 0 Å². The Morgan fingerprint density at radius 3 is 2.56 bits per heavy atom. The quantitative estimate of drug-likeness (QED) is 0.794. The molecule has 1 nitrogen and oxygen atoms in total. The predicted octanol–water partition coefficient (Wildman–Crippen LogP) is 3.59. The monoisotopic (exact) mass is 241 g/mol. The fraction of sp³-hybridized carbons (Fsp3) is 0.529. The van der Waals surface area contributed by atoms with Crippen LogP contribution in [0.2, 0.25) is 0 Å². The Bertz CT molecular complexity index is 420. The predicted molar refractivity (Wildman–Crippen MR) is 76.5 cm³/mol. The van der Waals surface area contributed by atoms with Gasteiger partial charge in [-0.25, -0.2) is 0 Å². The summed E-state index contributed by atoms with van der Waals surface area (Å²) in [7, 11) is 0. The summed E-state index contributed by atoms with van der Waals surface area (Å²) in [6.45, 7) is 5.63. The molecule has 0 spiro atoms. The molecule has 1 N–H and O–H groups in total. The zero-order valence-corrected chi connectivity index (χ0v) is 11.3. The van der Waals surface area contributed by atoms with E-state index in [0.717, 1.165) is 30.2 Å². The fourth-order valence-electron chi connectivity index (χ4n) is 3.74. The Balaban J connectivity index is 1.81. The molecule has 0 aliphatic heterocycles. The second-order valence-electron chi connectivity index (χ2n) is 6.11. The maximum atomic E-state index is 3.64. The van der Waals surface area contributed by atoms with Crippen LogP contribution in [-0.2, 0) is 0 Å². The van der Waals surface area contributed by atoms with E-state index in [9.17, 15) is 0 Å². The topological polar surface area (TPSA) is 12.0 Å². The highest BCUT2D eigenvalue weighted by molar-refractivity contribution is 5.29. The van der Waals surface area contributed by atoms with Crippen molar-refractivity contribution >= 4 is 0 Å². The molecule has 1 aromatic rings. The first-order chi connectivity index (χ1) is 8.75. The Hall–Kier alpha value is -1.08. The molecule has 1 heteroatoms. The lowest BCUT2D eigenvalue weighted by atomic mass is 9.78. The van der Waals surface area contributed by atoms with Crippen molar-refractivity contribution in [1.82, 2.24) is 5.32 Å². The Kier molecular flexibility index (Phi) is 3.25. The van der Waals surface area contributed by atoms with Gasteiger partial charge in [0.25, 0.3) is 0 Å². The molecule has 4 unspecified atom stereocenters. The first kappa shape index (κ1) is 12.0. The largest absolute Gasteiger partial charge is 0.314 e. The van der Waals surface area contributed by atoms with Crippen LogP contribution in [0.3, 0.4) is 0 Å². The molecule has 3 rings (SSSR count). The van der Waals surface area contributed by atoms with Crippen LogP contribution in [0.4, 0.5) is 0 Å². The van der Waals surface area contributed by atoms with E-state index in [1.165, 1.54) is 12.0 Å². The van der Waals surface area contributed by atoms with Crippen LogP contribution < -0.4 is 5.32 Å². The number of rotatable bonds is 4. The molecular weight excluding hydrogens is 218 g/mol. The summed E-state index contributed by atoms with van der Waals surface area (Å²) in [6.07, 6.45) is 6.27. The van der Waals surface area contributed by atoms with Gasteiger partial charge in [0, 0.05) is 6.04 Å². The van der Waals surface area contributed by atoms with Crippen LogP contribution in [0.25, 0.3) is 0 Å². The van der Waals surface area contributed by atoms with E-state index in [2.05, 4.69) is 61.6 Å². The molecule has 2 aliphatic rings. The number of allylic oxidation sites excluding steroid dienone is 2. The van der Waals surface area contributed by atoms with Crippen molar-refractivity contribution in [2.75, 3.05) is 6.54 Å². The van der Waals surface area contributed by atoms with Crippen LogP contribution in [-0.4, -0.2) is 12.6 Å². The van der Waals surface area contributed by atoms with E-state index in [1.807, 2.05) is 0 Å². The number of fused-ring (bicyclic) bond motifs is 2. The Morgan fingerprint density at radius 2 is 1.83 bits per heavy atom. The van der Waals surface area contributed by atoms with Crippen molar-refractivity contribution in [3.05, 3.63) is 48.0 Å². The maximum absolute atomic E-state index is 3.64. The molecule has 4 atom stereocenters.